The first kappa shape index (κ1) is 29.2. The normalized spacial score (nSPS) is 11.3. The number of carbonyl (C=O) groups is 2. The Balaban J connectivity index is 1.44. The van der Waals surface area contributed by atoms with Gasteiger partial charge in [0.25, 0.3) is 0 Å². The van der Waals surface area contributed by atoms with Crippen molar-refractivity contribution in [2.75, 3.05) is 18.2 Å². The zero-order valence-corrected chi connectivity index (χ0v) is 23.4. The number of ether oxygens (including phenoxy) is 2. The number of hydrogen-bond donors (Lipinski definition) is 1. The van der Waals surface area contributed by atoms with Crippen molar-refractivity contribution in [2.45, 2.75) is 38.3 Å². The number of alkyl halides is 3. The van der Waals surface area contributed by atoms with Crippen molar-refractivity contribution in [3.05, 3.63) is 76.4 Å². The summed E-state index contributed by atoms with van der Waals surface area (Å²) in [4.78, 5) is 26.4. The third-order valence-corrected chi connectivity index (χ3v) is 7.75. The summed E-state index contributed by atoms with van der Waals surface area (Å²) in [6.45, 7) is 4.07. The molecule has 0 spiro atoms. The summed E-state index contributed by atoms with van der Waals surface area (Å²) in [6, 6.07) is 14.0. The van der Waals surface area contributed by atoms with Crippen molar-refractivity contribution in [1.29, 1.82) is 0 Å². The molecule has 0 saturated heterocycles. The lowest BCUT2D eigenvalue weighted by molar-refractivity contribution is -0.137. The highest BCUT2D eigenvalue weighted by Gasteiger charge is 2.30. The van der Waals surface area contributed by atoms with Gasteiger partial charge in [-0.15, -0.1) is 21.5 Å². The number of nitrogens with one attached hydrogen (secondary N) is 1. The Morgan fingerprint density at radius 3 is 2.52 bits per heavy atom. The minimum Gasteiger partial charge on any atom is -0.486 e. The van der Waals surface area contributed by atoms with Crippen molar-refractivity contribution in [3.8, 4) is 16.9 Å². The summed E-state index contributed by atoms with van der Waals surface area (Å²) in [5.74, 6) is -0.482. The van der Waals surface area contributed by atoms with Crippen LogP contribution in [0.25, 0.3) is 11.1 Å². The number of nitrogens with zero attached hydrogens (tertiary/aromatic N) is 3. The first-order chi connectivity index (χ1) is 19.1. The molecule has 0 fully saturated rings. The molecule has 1 amide bonds. The molecule has 0 unspecified atom stereocenters. The van der Waals surface area contributed by atoms with Gasteiger partial charge in [0, 0.05) is 17.0 Å². The van der Waals surface area contributed by atoms with Gasteiger partial charge in [-0.05, 0) is 37.6 Å². The lowest BCUT2D eigenvalue weighted by atomic mass is 10.0. The number of thioether (sulfide) groups is 1. The van der Waals surface area contributed by atoms with Gasteiger partial charge in [0.05, 0.1) is 18.4 Å². The molecule has 210 valence electrons. The van der Waals surface area contributed by atoms with E-state index in [0.29, 0.717) is 33.7 Å². The van der Waals surface area contributed by atoms with Crippen LogP contribution in [0.5, 0.6) is 5.75 Å². The van der Waals surface area contributed by atoms with E-state index in [9.17, 15) is 22.8 Å². The second-order valence-corrected chi connectivity index (χ2v) is 10.6. The maximum absolute atomic E-state index is 13.0. The molecule has 0 aliphatic carbocycles. The van der Waals surface area contributed by atoms with E-state index >= 15 is 0 Å². The van der Waals surface area contributed by atoms with Crippen molar-refractivity contribution in [3.63, 3.8) is 0 Å². The molecule has 13 heteroatoms. The van der Waals surface area contributed by atoms with Crippen molar-refractivity contribution in [1.82, 2.24) is 14.8 Å². The van der Waals surface area contributed by atoms with Crippen LogP contribution >= 0.6 is 23.1 Å². The topological polar surface area (TPSA) is 95.3 Å². The Morgan fingerprint density at radius 1 is 1.10 bits per heavy atom. The molecule has 40 heavy (non-hydrogen) atoms. The predicted octanol–water partition coefficient (Wildman–Crippen LogP) is 6.45. The van der Waals surface area contributed by atoms with Crippen molar-refractivity contribution >= 4 is 40.0 Å². The number of aromatic nitrogens is 3. The summed E-state index contributed by atoms with van der Waals surface area (Å²) in [5.41, 5.74) is 1.02. The fourth-order valence-electron chi connectivity index (χ4n) is 3.94. The number of anilines is 1. The first-order valence-corrected chi connectivity index (χ1v) is 13.8. The second-order valence-electron chi connectivity index (χ2n) is 8.39. The molecule has 0 radical (unpaired) electrons. The molecule has 4 rings (SSSR count). The minimum atomic E-state index is -4.48. The highest BCUT2D eigenvalue weighted by molar-refractivity contribution is 7.99. The van der Waals surface area contributed by atoms with Gasteiger partial charge in [-0.1, -0.05) is 48.2 Å². The molecule has 0 aliphatic rings. The Morgan fingerprint density at radius 2 is 1.85 bits per heavy atom. The average molecular weight is 591 g/mol. The Kier molecular flexibility index (Phi) is 9.15. The number of carbonyl (C=O) groups excluding carboxylic acids is 2. The standard InChI is InChI=1S/C27H25F3N4O4S2/c1-4-34-20(14-38-19-12-8-11-18(13-19)27(28,29)30)32-33-26(34)39-15-21(35)31-24-23(25(36)37-3)22(16(2)40-24)17-9-6-5-7-10-17/h5-13H,4,14-15H2,1-3H3,(H,31,35). The van der Waals surface area contributed by atoms with E-state index in [1.807, 2.05) is 44.2 Å². The summed E-state index contributed by atoms with van der Waals surface area (Å²) >= 11 is 2.42. The van der Waals surface area contributed by atoms with Gasteiger partial charge in [-0.3, -0.25) is 4.79 Å². The molecule has 2 aromatic heterocycles. The van der Waals surface area contributed by atoms with Gasteiger partial charge in [0.15, 0.2) is 11.0 Å². The van der Waals surface area contributed by atoms with Crippen LogP contribution < -0.4 is 10.1 Å². The number of benzene rings is 2. The number of esters is 1. The van der Waals surface area contributed by atoms with E-state index in [-0.39, 0.29) is 24.0 Å². The van der Waals surface area contributed by atoms with Crippen LogP contribution in [-0.4, -0.2) is 39.5 Å². The molecular weight excluding hydrogens is 565 g/mol. The van der Waals surface area contributed by atoms with Gasteiger partial charge < -0.3 is 19.4 Å². The molecule has 0 atom stereocenters. The smallest absolute Gasteiger partial charge is 0.416 e. The number of hydrogen-bond acceptors (Lipinski definition) is 8. The zero-order chi connectivity index (χ0) is 28.9. The van der Waals surface area contributed by atoms with Crippen LogP contribution in [0, 0.1) is 6.92 Å². The SMILES string of the molecule is CCn1c(COc2cccc(C(F)(F)F)c2)nnc1SCC(=O)Nc1sc(C)c(-c2ccccc2)c1C(=O)OC. The van der Waals surface area contributed by atoms with Crippen LogP contribution in [0.1, 0.15) is 33.5 Å². The molecule has 0 saturated carbocycles. The summed E-state index contributed by atoms with van der Waals surface area (Å²) in [6.07, 6.45) is -4.48. The van der Waals surface area contributed by atoms with E-state index in [1.165, 1.54) is 30.6 Å². The van der Waals surface area contributed by atoms with Crippen LogP contribution in [0.2, 0.25) is 0 Å². The Hall–Kier alpha value is -3.84. The Bertz CT molecular complexity index is 1500. The molecule has 0 bridgehead atoms. The van der Waals surface area contributed by atoms with Crippen LogP contribution in [0.15, 0.2) is 59.8 Å². The third kappa shape index (κ3) is 6.65. The van der Waals surface area contributed by atoms with Crippen molar-refractivity contribution in [2.24, 2.45) is 0 Å². The second kappa shape index (κ2) is 12.6. The first-order valence-electron chi connectivity index (χ1n) is 12.0. The van der Waals surface area contributed by atoms with Gasteiger partial charge in [-0.2, -0.15) is 13.2 Å². The van der Waals surface area contributed by atoms with E-state index in [1.54, 1.807) is 4.57 Å². The number of methoxy groups -OCH3 is 1. The van der Waals surface area contributed by atoms with Gasteiger partial charge >= 0.3 is 12.1 Å². The largest absolute Gasteiger partial charge is 0.486 e. The number of aryl methyl sites for hydroxylation is 1. The fourth-order valence-corrected chi connectivity index (χ4v) is 5.84. The average Bonchev–Trinajstić information content (AvgIpc) is 3.49. The molecule has 0 aliphatic heterocycles. The molecule has 2 aromatic carbocycles. The molecule has 1 N–H and O–H groups in total. The highest BCUT2D eigenvalue weighted by atomic mass is 32.2. The molecule has 2 heterocycles. The van der Waals surface area contributed by atoms with E-state index < -0.39 is 17.7 Å². The zero-order valence-electron chi connectivity index (χ0n) is 21.7. The number of thiophene rings is 1. The van der Waals surface area contributed by atoms with Crippen LogP contribution in [0.3, 0.4) is 0 Å². The fraction of sp³-hybridized carbons (Fsp3) is 0.259. The Labute approximate surface area is 236 Å². The maximum Gasteiger partial charge on any atom is 0.416 e. The quantitative estimate of drug-likeness (QED) is 0.168. The summed E-state index contributed by atoms with van der Waals surface area (Å²) in [5, 5.41) is 11.9. The highest BCUT2D eigenvalue weighted by Crippen LogP contribution is 2.40. The number of amides is 1. The van der Waals surface area contributed by atoms with Gasteiger partial charge in [0.1, 0.15) is 22.9 Å². The molecular formula is C27H25F3N4O4S2. The molecule has 4 aromatic rings. The van der Waals surface area contributed by atoms with E-state index in [0.717, 1.165) is 34.3 Å². The summed E-state index contributed by atoms with van der Waals surface area (Å²) < 4.78 is 51.2. The predicted molar refractivity (Wildman–Crippen MR) is 147 cm³/mol. The van der Waals surface area contributed by atoms with Crippen LogP contribution in [-0.2, 0) is 28.9 Å². The molecule has 8 nitrogen and oxygen atoms in total. The van der Waals surface area contributed by atoms with Crippen LogP contribution in [0.4, 0.5) is 18.2 Å². The summed E-state index contributed by atoms with van der Waals surface area (Å²) in [7, 11) is 1.29. The number of halogens is 3. The van der Waals surface area contributed by atoms with Gasteiger partial charge in [0.2, 0.25) is 5.91 Å². The van der Waals surface area contributed by atoms with E-state index in [2.05, 4.69) is 15.5 Å². The minimum absolute atomic E-state index is 0.0230. The van der Waals surface area contributed by atoms with E-state index in [4.69, 9.17) is 9.47 Å². The van der Waals surface area contributed by atoms with Gasteiger partial charge in [-0.25, -0.2) is 4.79 Å². The third-order valence-electron chi connectivity index (χ3n) is 5.76. The lowest BCUT2D eigenvalue weighted by Crippen LogP contribution is -2.16. The number of rotatable bonds is 10. The lowest BCUT2D eigenvalue weighted by Gasteiger charge is -2.11. The van der Waals surface area contributed by atoms with Crippen molar-refractivity contribution < 1.29 is 32.2 Å². The maximum atomic E-state index is 13.0. The monoisotopic (exact) mass is 590 g/mol.